The van der Waals surface area contributed by atoms with Crippen LogP contribution in [-0.2, 0) is 14.3 Å². The van der Waals surface area contributed by atoms with Crippen LogP contribution in [0.15, 0.2) is 12.2 Å². The fourth-order valence-corrected chi connectivity index (χ4v) is 4.13. The normalized spacial score (nSPS) is 12.3. The minimum atomic E-state index is -0.880. The number of ether oxygens (including phenoxy) is 1. The van der Waals surface area contributed by atoms with Gasteiger partial charge in [0.2, 0.25) is 0 Å². The van der Waals surface area contributed by atoms with Crippen molar-refractivity contribution in [2.75, 3.05) is 6.61 Å². The van der Waals surface area contributed by atoms with Crippen LogP contribution in [0.1, 0.15) is 149 Å². The van der Waals surface area contributed by atoms with E-state index in [2.05, 4.69) is 19.1 Å². The molecule has 4 nitrogen and oxygen atoms in total. The van der Waals surface area contributed by atoms with E-state index in [-0.39, 0.29) is 12.4 Å². The Morgan fingerprint density at radius 1 is 0.667 bits per heavy atom. The summed E-state index contributed by atoms with van der Waals surface area (Å²) in [5, 5.41) is 9.29. The second-order valence-electron chi connectivity index (χ2n) is 9.60. The van der Waals surface area contributed by atoms with E-state index in [0.717, 1.165) is 25.7 Å². The van der Waals surface area contributed by atoms with E-state index in [1.54, 1.807) is 0 Å². The number of hydrogen-bond donors (Lipinski definition) is 1. The molecule has 0 aromatic heterocycles. The van der Waals surface area contributed by atoms with Gasteiger partial charge in [-0.3, -0.25) is 9.59 Å². The Morgan fingerprint density at radius 2 is 1.12 bits per heavy atom. The van der Waals surface area contributed by atoms with Crippen molar-refractivity contribution < 1.29 is 19.4 Å². The lowest BCUT2D eigenvalue weighted by Crippen LogP contribution is -2.19. The van der Waals surface area contributed by atoms with Crippen LogP contribution in [0.2, 0.25) is 0 Å². The van der Waals surface area contributed by atoms with Crippen molar-refractivity contribution in [3.8, 4) is 0 Å². The Balaban J connectivity index is 3.42. The van der Waals surface area contributed by atoms with Crippen molar-refractivity contribution in [3.05, 3.63) is 12.2 Å². The van der Waals surface area contributed by atoms with Gasteiger partial charge in [-0.25, -0.2) is 0 Å². The summed E-state index contributed by atoms with van der Waals surface area (Å²) in [7, 11) is 0. The molecule has 0 bridgehead atoms. The Hall–Kier alpha value is -1.32. The summed E-state index contributed by atoms with van der Waals surface area (Å²) in [5.41, 5.74) is 0. The van der Waals surface area contributed by atoms with E-state index < -0.39 is 11.9 Å². The van der Waals surface area contributed by atoms with Gasteiger partial charge in [0.25, 0.3) is 0 Å². The topological polar surface area (TPSA) is 63.6 Å². The van der Waals surface area contributed by atoms with Gasteiger partial charge >= 0.3 is 11.9 Å². The summed E-state index contributed by atoms with van der Waals surface area (Å²) in [5.74, 6) is -1.86. The molecule has 1 N–H and O–H groups in total. The highest BCUT2D eigenvalue weighted by Gasteiger charge is 2.21. The second-order valence-corrected chi connectivity index (χ2v) is 9.60. The van der Waals surface area contributed by atoms with E-state index in [4.69, 9.17) is 4.74 Å². The molecule has 0 rings (SSSR count). The minimum absolute atomic E-state index is 0.00196. The maximum Gasteiger partial charge on any atom is 0.307 e. The average Bonchev–Trinajstić information content (AvgIpc) is 2.80. The summed E-state index contributed by atoms with van der Waals surface area (Å²) in [4.78, 5) is 23.0. The van der Waals surface area contributed by atoms with Crippen molar-refractivity contribution >= 4 is 11.9 Å². The molecule has 0 aliphatic carbocycles. The molecule has 0 spiro atoms. The summed E-state index contributed by atoms with van der Waals surface area (Å²) in [6.07, 6.45) is 29.2. The number of unbranched alkanes of at least 4 members (excludes halogenated alkanes) is 16. The Kier molecular flexibility index (Phi) is 24.3. The third kappa shape index (κ3) is 23.6. The third-order valence-electron chi connectivity index (χ3n) is 6.29. The predicted octanol–water partition coefficient (Wildman–Crippen LogP) is 9.02. The van der Waals surface area contributed by atoms with Gasteiger partial charge in [-0.1, -0.05) is 116 Å². The fourth-order valence-electron chi connectivity index (χ4n) is 4.13. The first-order valence-corrected chi connectivity index (χ1v) is 14.1. The van der Waals surface area contributed by atoms with Gasteiger partial charge in [-0.15, -0.1) is 0 Å². The van der Waals surface area contributed by atoms with Crippen molar-refractivity contribution in [2.45, 2.75) is 149 Å². The molecule has 0 heterocycles. The minimum Gasteiger partial charge on any atom is -0.481 e. The lowest BCUT2D eigenvalue weighted by molar-refractivity contribution is -0.151. The molecule has 0 aliphatic rings. The molecule has 194 valence electrons. The summed E-state index contributed by atoms with van der Waals surface area (Å²) in [6, 6.07) is 0. The summed E-state index contributed by atoms with van der Waals surface area (Å²) < 4.78 is 5.01. The smallest absolute Gasteiger partial charge is 0.307 e. The lowest BCUT2D eigenvalue weighted by Gasteiger charge is -2.11. The van der Waals surface area contributed by atoms with Crippen LogP contribution < -0.4 is 0 Å². The Morgan fingerprint density at radius 3 is 1.58 bits per heavy atom. The van der Waals surface area contributed by atoms with E-state index in [1.165, 1.54) is 96.3 Å². The number of esters is 1. The van der Waals surface area contributed by atoms with E-state index in [1.807, 2.05) is 6.92 Å². The number of aliphatic carboxylic acids is 1. The van der Waals surface area contributed by atoms with Crippen LogP contribution in [0, 0.1) is 5.92 Å². The maximum absolute atomic E-state index is 11.6. The highest BCUT2D eigenvalue weighted by molar-refractivity contribution is 5.78. The highest BCUT2D eigenvalue weighted by Crippen LogP contribution is 2.17. The van der Waals surface area contributed by atoms with Crippen LogP contribution in [0.4, 0.5) is 0 Å². The van der Waals surface area contributed by atoms with Gasteiger partial charge in [-0.2, -0.15) is 0 Å². The Labute approximate surface area is 204 Å². The zero-order valence-corrected chi connectivity index (χ0v) is 22.0. The second kappa shape index (κ2) is 25.3. The number of rotatable bonds is 25. The largest absolute Gasteiger partial charge is 0.481 e. The standard InChI is InChI=1S/C29H54O4/c1-3-5-6-7-8-9-10-11-12-13-14-15-16-17-18-19-20-21-22-23-24-27(29(31)32)26-28(30)33-25-4-2/h14-15,27H,3-13,16-26H2,1-2H3,(H,31,32)/b15-14+. The zero-order chi connectivity index (χ0) is 24.4. The fraction of sp³-hybridized carbons (Fsp3) is 0.862. The maximum atomic E-state index is 11.6. The molecule has 0 aliphatic heterocycles. The molecule has 1 atom stereocenters. The first-order valence-electron chi connectivity index (χ1n) is 14.1. The SMILES string of the molecule is CCCCCCCCCCC/C=C/CCCCCCCCCC(CC(=O)OCCC)C(=O)O. The molecule has 0 saturated heterocycles. The predicted molar refractivity (Wildman–Crippen MR) is 140 cm³/mol. The molecule has 0 amide bonds. The summed E-state index contributed by atoms with van der Waals surface area (Å²) in [6.45, 7) is 4.58. The number of carboxylic acids is 1. The number of carbonyl (C=O) groups excluding carboxylic acids is 1. The van der Waals surface area contributed by atoms with Crippen molar-refractivity contribution in [3.63, 3.8) is 0 Å². The number of hydrogen-bond acceptors (Lipinski definition) is 3. The molecule has 0 saturated carbocycles. The van der Waals surface area contributed by atoms with E-state index in [0.29, 0.717) is 13.0 Å². The molecule has 0 radical (unpaired) electrons. The lowest BCUT2D eigenvalue weighted by atomic mass is 9.97. The molecular formula is C29H54O4. The number of carbonyl (C=O) groups is 2. The van der Waals surface area contributed by atoms with Crippen LogP contribution in [0.25, 0.3) is 0 Å². The van der Waals surface area contributed by atoms with Crippen LogP contribution in [0.5, 0.6) is 0 Å². The van der Waals surface area contributed by atoms with E-state index >= 15 is 0 Å². The molecule has 0 aromatic rings. The highest BCUT2D eigenvalue weighted by atomic mass is 16.5. The summed E-state index contributed by atoms with van der Waals surface area (Å²) >= 11 is 0. The van der Waals surface area contributed by atoms with Gasteiger partial charge < -0.3 is 9.84 Å². The van der Waals surface area contributed by atoms with Gasteiger partial charge in [0.1, 0.15) is 0 Å². The van der Waals surface area contributed by atoms with Crippen molar-refractivity contribution in [1.29, 1.82) is 0 Å². The van der Waals surface area contributed by atoms with Gasteiger partial charge in [0, 0.05) is 0 Å². The number of allylic oxidation sites excluding steroid dienone is 2. The molecular weight excluding hydrogens is 412 g/mol. The molecule has 0 aromatic carbocycles. The molecule has 1 unspecified atom stereocenters. The molecule has 33 heavy (non-hydrogen) atoms. The average molecular weight is 467 g/mol. The first-order chi connectivity index (χ1) is 16.1. The quantitative estimate of drug-likeness (QED) is 0.0828. The van der Waals surface area contributed by atoms with E-state index in [9.17, 15) is 14.7 Å². The molecule has 4 heteroatoms. The van der Waals surface area contributed by atoms with Crippen LogP contribution in [0.3, 0.4) is 0 Å². The van der Waals surface area contributed by atoms with Gasteiger partial charge in [-0.05, 0) is 38.5 Å². The van der Waals surface area contributed by atoms with Crippen LogP contribution >= 0.6 is 0 Å². The number of carboxylic acid groups (broad SMARTS) is 1. The molecule has 0 fully saturated rings. The first kappa shape index (κ1) is 31.7. The van der Waals surface area contributed by atoms with Crippen LogP contribution in [-0.4, -0.2) is 23.7 Å². The third-order valence-corrected chi connectivity index (χ3v) is 6.29. The van der Waals surface area contributed by atoms with Crippen molar-refractivity contribution in [2.24, 2.45) is 5.92 Å². The zero-order valence-electron chi connectivity index (χ0n) is 22.0. The van der Waals surface area contributed by atoms with Gasteiger partial charge in [0.15, 0.2) is 0 Å². The van der Waals surface area contributed by atoms with Crippen molar-refractivity contribution in [1.82, 2.24) is 0 Å². The van der Waals surface area contributed by atoms with Gasteiger partial charge in [0.05, 0.1) is 18.9 Å². The Bertz CT molecular complexity index is 472. The monoisotopic (exact) mass is 466 g/mol.